The molecule has 0 aliphatic carbocycles. The van der Waals surface area contributed by atoms with Gasteiger partial charge in [-0.1, -0.05) is 29.8 Å². The van der Waals surface area contributed by atoms with Crippen molar-refractivity contribution in [2.24, 2.45) is 5.92 Å². The summed E-state index contributed by atoms with van der Waals surface area (Å²) in [6.07, 6.45) is 5.08. The van der Waals surface area contributed by atoms with E-state index in [1.54, 1.807) is 11.3 Å². The molecule has 1 aliphatic rings. The van der Waals surface area contributed by atoms with Crippen molar-refractivity contribution in [2.75, 3.05) is 19.6 Å². The van der Waals surface area contributed by atoms with Gasteiger partial charge < -0.3 is 10.0 Å². The van der Waals surface area contributed by atoms with Crippen LogP contribution in [-0.2, 0) is 4.79 Å². The van der Waals surface area contributed by atoms with Gasteiger partial charge in [-0.15, -0.1) is 11.3 Å². The number of hydrogen-bond acceptors (Lipinski definition) is 3. The van der Waals surface area contributed by atoms with E-state index in [1.807, 2.05) is 0 Å². The predicted molar refractivity (Wildman–Crippen MR) is 113 cm³/mol. The molecule has 4 heteroatoms. The summed E-state index contributed by atoms with van der Waals surface area (Å²) in [7, 11) is 0. The van der Waals surface area contributed by atoms with Gasteiger partial charge in [-0.3, -0.25) is 4.79 Å². The van der Waals surface area contributed by atoms with Gasteiger partial charge in [0.25, 0.3) is 0 Å². The molecule has 1 aromatic carbocycles. The molecule has 3 rings (SSSR count). The predicted octanol–water partition coefficient (Wildman–Crippen LogP) is 5.29. The maximum Gasteiger partial charge on any atom is 0.307 e. The van der Waals surface area contributed by atoms with E-state index < -0.39 is 5.97 Å². The Labute approximate surface area is 166 Å². The lowest BCUT2D eigenvalue weighted by molar-refractivity contribution is -0.143. The second kappa shape index (κ2) is 8.85. The van der Waals surface area contributed by atoms with Crippen LogP contribution in [0.2, 0.25) is 0 Å². The van der Waals surface area contributed by atoms with Crippen LogP contribution in [0.5, 0.6) is 0 Å². The van der Waals surface area contributed by atoms with Crippen molar-refractivity contribution in [3.63, 3.8) is 0 Å². The molecule has 27 heavy (non-hydrogen) atoms. The molecule has 1 saturated heterocycles. The van der Waals surface area contributed by atoms with Gasteiger partial charge in [0, 0.05) is 18.0 Å². The van der Waals surface area contributed by atoms with Gasteiger partial charge in [0.1, 0.15) is 0 Å². The third-order valence-corrected chi connectivity index (χ3v) is 6.48. The van der Waals surface area contributed by atoms with Gasteiger partial charge in [-0.2, -0.15) is 0 Å². The highest BCUT2D eigenvalue weighted by Crippen LogP contribution is 2.33. The van der Waals surface area contributed by atoms with Gasteiger partial charge in [0.15, 0.2) is 0 Å². The maximum absolute atomic E-state index is 11.3. The second-order valence-corrected chi connectivity index (χ2v) is 8.55. The third-order valence-electron chi connectivity index (χ3n) is 5.43. The molecule has 3 nitrogen and oxygen atoms in total. The van der Waals surface area contributed by atoms with Crippen LogP contribution >= 0.6 is 11.3 Å². The number of nitrogens with zero attached hydrogens (tertiary/aromatic N) is 1. The summed E-state index contributed by atoms with van der Waals surface area (Å²) in [5.41, 5.74) is 6.51. The Kier molecular flexibility index (Phi) is 6.51. The Bertz CT molecular complexity index is 837. The highest BCUT2D eigenvalue weighted by molar-refractivity contribution is 7.11. The zero-order chi connectivity index (χ0) is 19.4. The third kappa shape index (κ3) is 4.88. The first-order valence-electron chi connectivity index (χ1n) is 9.73. The minimum Gasteiger partial charge on any atom is -0.481 e. The molecule has 1 aromatic heterocycles. The average Bonchev–Trinajstić information content (AvgIpc) is 3.05. The van der Waals surface area contributed by atoms with E-state index in [0.717, 1.165) is 32.4 Å². The number of carbonyl (C=O) groups is 1. The zero-order valence-corrected chi connectivity index (χ0v) is 17.3. The Balaban J connectivity index is 1.79. The van der Waals surface area contributed by atoms with E-state index in [-0.39, 0.29) is 5.92 Å². The molecule has 1 fully saturated rings. The SMILES string of the molecule is Cc1ccc(C(=CCCN2CCC[C@@H](C(=O)O)C2)c2sccc2C)c(C)c1. The first-order valence-corrected chi connectivity index (χ1v) is 10.6. The van der Waals surface area contributed by atoms with E-state index in [1.165, 1.54) is 32.7 Å². The van der Waals surface area contributed by atoms with Crippen molar-refractivity contribution in [1.29, 1.82) is 0 Å². The molecule has 2 aromatic rings. The van der Waals surface area contributed by atoms with E-state index in [0.29, 0.717) is 6.54 Å². The Morgan fingerprint density at radius 3 is 2.74 bits per heavy atom. The van der Waals surface area contributed by atoms with Crippen LogP contribution in [0.3, 0.4) is 0 Å². The molecule has 144 valence electrons. The summed E-state index contributed by atoms with van der Waals surface area (Å²) in [6, 6.07) is 8.84. The zero-order valence-electron chi connectivity index (χ0n) is 16.5. The largest absolute Gasteiger partial charge is 0.481 e. The van der Waals surface area contributed by atoms with Crippen LogP contribution in [0, 0.1) is 26.7 Å². The number of carboxylic acid groups (broad SMARTS) is 1. The van der Waals surface area contributed by atoms with Gasteiger partial charge in [-0.05, 0) is 80.3 Å². The van der Waals surface area contributed by atoms with Gasteiger partial charge in [-0.25, -0.2) is 0 Å². The fourth-order valence-corrected chi connectivity index (χ4v) is 4.92. The molecule has 1 N–H and O–H groups in total. The summed E-state index contributed by atoms with van der Waals surface area (Å²) in [5.74, 6) is -0.860. The van der Waals surface area contributed by atoms with Gasteiger partial charge in [0.2, 0.25) is 0 Å². The molecule has 0 unspecified atom stereocenters. The lowest BCUT2D eigenvalue weighted by Gasteiger charge is -2.30. The number of likely N-dealkylation sites (tertiary alicyclic amines) is 1. The van der Waals surface area contributed by atoms with E-state index in [4.69, 9.17) is 0 Å². The molecule has 0 amide bonds. The first-order chi connectivity index (χ1) is 13.0. The summed E-state index contributed by atoms with van der Waals surface area (Å²) in [6.45, 7) is 9.09. The summed E-state index contributed by atoms with van der Waals surface area (Å²) >= 11 is 1.80. The number of thiophene rings is 1. The van der Waals surface area contributed by atoms with Crippen molar-refractivity contribution in [1.82, 2.24) is 4.90 Å². The molecule has 0 saturated carbocycles. The quantitative estimate of drug-likeness (QED) is 0.737. The van der Waals surface area contributed by atoms with Crippen LogP contribution in [0.1, 0.15) is 46.4 Å². The van der Waals surface area contributed by atoms with Crippen molar-refractivity contribution in [3.05, 3.63) is 62.9 Å². The number of piperidine rings is 1. The number of aliphatic carboxylic acids is 1. The second-order valence-electron chi connectivity index (χ2n) is 7.64. The standard InChI is InChI=1S/C23H29NO2S/c1-16-8-9-20(18(3)14-16)21(22-17(2)10-13-27-22)7-5-12-24-11-4-6-19(15-24)23(25)26/h7-10,13-14,19H,4-6,11-12,15H2,1-3H3,(H,25,26)/t19-/m1/s1. The molecule has 2 heterocycles. The highest BCUT2D eigenvalue weighted by Gasteiger charge is 2.24. The summed E-state index contributed by atoms with van der Waals surface area (Å²) in [4.78, 5) is 14.9. The van der Waals surface area contributed by atoms with Crippen LogP contribution in [0.4, 0.5) is 0 Å². The number of hydrogen-bond donors (Lipinski definition) is 1. The number of carboxylic acids is 1. The van der Waals surface area contributed by atoms with Gasteiger partial charge in [0.05, 0.1) is 5.92 Å². The number of benzene rings is 1. The summed E-state index contributed by atoms with van der Waals surface area (Å²) < 4.78 is 0. The van der Waals surface area contributed by atoms with Crippen LogP contribution < -0.4 is 0 Å². The maximum atomic E-state index is 11.3. The van der Waals surface area contributed by atoms with E-state index in [2.05, 4.69) is 61.4 Å². The first kappa shape index (κ1) is 19.8. The molecular weight excluding hydrogens is 354 g/mol. The summed E-state index contributed by atoms with van der Waals surface area (Å²) in [5, 5.41) is 11.4. The fraction of sp³-hybridized carbons (Fsp3) is 0.435. The van der Waals surface area contributed by atoms with E-state index in [9.17, 15) is 9.90 Å². The van der Waals surface area contributed by atoms with Crippen LogP contribution in [0.15, 0.2) is 35.7 Å². The molecule has 1 atom stereocenters. The highest BCUT2D eigenvalue weighted by atomic mass is 32.1. The number of rotatable bonds is 6. The van der Waals surface area contributed by atoms with Gasteiger partial charge >= 0.3 is 5.97 Å². The minimum absolute atomic E-state index is 0.207. The minimum atomic E-state index is -0.652. The fourth-order valence-electron chi connectivity index (χ4n) is 3.94. The van der Waals surface area contributed by atoms with Crippen molar-refractivity contribution in [3.8, 4) is 0 Å². The lowest BCUT2D eigenvalue weighted by atomic mass is 9.95. The Hall–Kier alpha value is -1.91. The Morgan fingerprint density at radius 2 is 2.07 bits per heavy atom. The van der Waals surface area contributed by atoms with Crippen molar-refractivity contribution < 1.29 is 9.90 Å². The van der Waals surface area contributed by atoms with E-state index >= 15 is 0 Å². The van der Waals surface area contributed by atoms with Crippen molar-refractivity contribution >= 4 is 22.9 Å². The molecule has 1 aliphatic heterocycles. The molecular formula is C23H29NO2S. The van der Waals surface area contributed by atoms with Crippen LogP contribution in [-0.4, -0.2) is 35.6 Å². The molecule has 0 bridgehead atoms. The van der Waals surface area contributed by atoms with Crippen LogP contribution in [0.25, 0.3) is 5.57 Å². The lowest BCUT2D eigenvalue weighted by Crippen LogP contribution is -2.39. The normalized spacial score (nSPS) is 18.6. The molecule has 0 spiro atoms. The average molecular weight is 384 g/mol. The monoisotopic (exact) mass is 383 g/mol. The molecule has 0 radical (unpaired) electrons. The topological polar surface area (TPSA) is 40.5 Å². The smallest absolute Gasteiger partial charge is 0.307 e. The Morgan fingerprint density at radius 1 is 1.26 bits per heavy atom. The van der Waals surface area contributed by atoms with Crippen molar-refractivity contribution in [2.45, 2.75) is 40.0 Å². The number of aryl methyl sites for hydroxylation is 3.